The van der Waals surface area contributed by atoms with E-state index in [1.54, 1.807) is 18.2 Å². The van der Waals surface area contributed by atoms with Crippen molar-refractivity contribution < 1.29 is 17.9 Å². The summed E-state index contributed by atoms with van der Waals surface area (Å²) in [6.07, 6.45) is 14.3. The highest BCUT2D eigenvalue weighted by molar-refractivity contribution is 5.65. The van der Waals surface area contributed by atoms with Crippen LogP contribution in [0.3, 0.4) is 0 Å². The summed E-state index contributed by atoms with van der Waals surface area (Å²) < 4.78 is 50.4. The maximum Gasteiger partial charge on any atom is 0.166 e. The Morgan fingerprint density at radius 3 is 2.23 bits per heavy atom. The lowest BCUT2D eigenvalue weighted by Gasteiger charge is -2.27. The molecular formula is C35H41F3O. The number of ether oxygens (including phenoxy) is 1. The molecule has 0 heterocycles. The molecule has 1 aliphatic rings. The Kier molecular flexibility index (Phi) is 10.7. The minimum absolute atomic E-state index is 0.00368. The lowest BCUT2D eigenvalue weighted by atomic mass is 9.78. The summed E-state index contributed by atoms with van der Waals surface area (Å²) in [4.78, 5) is 0. The van der Waals surface area contributed by atoms with Crippen LogP contribution in [0, 0.1) is 30.3 Å². The molecule has 0 aliphatic heterocycles. The smallest absolute Gasteiger partial charge is 0.166 e. The monoisotopic (exact) mass is 534 g/mol. The van der Waals surface area contributed by atoms with Crippen LogP contribution in [0.15, 0.2) is 60.7 Å². The van der Waals surface area contributed by atoms with E-state index in [0.29, 0.717) is 40.5 Å². The third-order valence-corrected chi connectivity index (χ3v) is 7.97. The topological polar surface area (TPSA) is 9.23 Å². The molecule has 4 heteroatoms. The minimum Gasteiger partial charge on any atom is -0.493 e. The first-order valence-corrected chi connectivity index (χ1v) is 14.6. The average Bonchev–Trinajstić information content (AvgIpc) is 2.94. The Labute approximate surface area is 232 Å². The predicted molar refractivity (Wildman–Crippen MR) is 156 cm³/mol. The van der Waals surface area contributed by atoms with Gasteiger partial charge in [0, 0.05) is 17.2 Å². The van der Waals surface area contributed by atoms with Crippen molar-refractivity contribution in [2.45, 2.75) is 84.0 Å². The lowest BCUT2D eigenvalue weighted by Crippen LogP contribution is -2.13. The molecule has 39 heavy (non-hydrogen) atoms. The van der Waals surface area contributed by atoms with Gasteiger partial charge in [-0.2, -0.15) is 0 Å². The fourth-order valence-corrected chi connectivity index (χ4v) is 5.50. The summed E-state index contributed by atoms with van der Waals surface area (Å²) in [6.45, 7) is 4.79. The summed E-state index contributed by atoms with van der Waals surface area (Å²) in [7, 11) is 0. The van der Waals surface area contributed by atoms with Crippen molar-refractivity contribution in [2.75, 3.05) is 6.61 Å². The number of aryl methyl sites for hydroxylation is 1. The first kappa shape index (κ1) is 29.0. The molecule has 1 aliphatic carbocycles. The standard InChI is InChI=1S/C35H41F3O/c1-3-4-5-6-7-8-23-39-30-20-19-29(33(36)24-30)18-13-26-11-16-28(17-12-26)32-22-21-31(34(37)35(32)38)27-14-9-25(2)10-15-27/h9-10,13-15,18-22,24,26,28H,3-8,11-12,16-17,23H2,1-2H3/b18-13+. The predicted octanol–water partition coefficient (Wildman–Crippen LogP) is 10.8. The average molecular weight is 535 g/mol. The fourth-order valence-electron chi connectivity index (χ4n) is 5.50. The van der Waals surface area contributed by atoms with Crippen molar-refractivity contribution >= 4 is 6.08 Å². The van der Waals surface area contributed by atoms with E-state index < -0.39 is 11.6 Å². The lowest BCUT2D eigenvalue weighted by molar-refractivity contribution is 0.303. The van der Waals surface area contributed by atoms with Crippen LogP contribution in [0.25, 0.3) is 17.2 Å². The van der Waals surface area contributed by atoms with Gasteiger partial charge in [-0.25, -0.2) is 13.2 Å². The third-order valence-electron chi connectivity index (χ3n) is 7.97. The number of rotatable bonds is 12. The van der Waals surface area contributed by atoms with Crippen LogP contribution in [-0.2, 0) is 0 Å². The van der Waals surface area contributed by atoms with Gasteiger partial charge in [-0.3, -0.25) is 0 Å². The number of halogens is 3. The molecule has 1 nitrogen and oxygen atoms in total. The van der Waals surface area contributed by atoms with Gasteiger partial charge in [0.05, 0.1) is 6.61 Å². The van der Waals surface area contributed by atoms with Crippen LogP contribution < -0.4 is 4.74 Å². The molecule has 1 saturated carbocycles. The first-order chi connectivity index (χ1) is 19.0. The van der Waals surface area contributed by atoms with Gasteiger partial charge < -0.3 is 4.74 Å². The molecule has 0 bridgehead atoms. The van der Waals surface area contributed by atoms with Crippen molar-refractivity contribution in [1.29, 1.82) is 0 Å². The van der Waals surface area contributed by atoms with E-state index in [4.69, 9.17) is 4.74 Å². The van der Waals surface area contributed by atoms with Crippen LogP contribution in [0.2, 0.25) is 0 Å². The molecule has 4 rings (SSSR count). The Hall–Kier alpha value is -3.01. The number of hydrogen-bond donors (Lipinski definition) is 0. The molecule has 0 radical (unpaired) electrons. The molecule has 0 atom stereocenters. The van der Waals surface area contributed by atoms with Crippen molar-refractivity contribution in [3.63, 3.8) is 0 Å². The van der Waals surface area contributed by atoms with E-state index >= 15 is 4.39 Å². The summed E-state index contributed by atoms with van der Waals surface area (Å²) in [5, 5.41) is 0. The summed E-state index contributed by atoms with van der Waals surface area (Å²) in [5.74, 6) is -0.922. The van der Waals surface area contributed by atoms with Crippen LogP contribution in [0.1, 0.15) is 93.7 Å². The summed E-state index contributed by atoms with van der Waals surface area (Å²) >= 11 is 0. The fraction of sp³-hybridized carbons (Fsp3) is 0.429. The van der Waals surface area contributed by atoms with Crippen molar-refractivity contribution in [3.05, 3.63) is 94.8 Å². The van der Waals surface area contributed by atoms with E-state index in [9.17, 15) is 8.78 Å². The second kappa shape index (κ2) is 14.4. The van der Waals surface area contributed by atoms with Crippen molar-refractivity contribution in [3.8, 4) is 16.9 Å². The zero-order chi connectivity index (χ0) is 27.6. The number of hydrogen-bond acceptors (Lipinski definition) is 1. The maximum atomic E-state index is 15.1. The highest BCUT2D eigenvalue weighted by Gasteiger charge is 2.25. The Morgan fingerprint density at radius 2 is 1.51 bits per heavy atom. The second-order valence-electron chi connectivity index (χ2n) is 11.0. The van der Waals surface area contributed by atoms with E-state index in [-0.39, 0.29) is 11.7 Å². The van der Waals surface area contributed by atoms with Crippen LogP contribution in [0.4, 0.5) is 13.2 Å². The summed E-state index contributed by atoms with van der Waals surface area (Å²) in [5.41, 5.74) is 3.07. The van der Waals surface area contributed by atoms with E-state index in [1.807, 2.05) is 43.3 Å². The number of allylic oxidation sites excluding steroid dienone is 1. The molecular weight excluding hydrogens is 493 g/mol. The van der Waals surface area contributed by atoms with Gasteiger partial charge >= 0.3 is 0 Å². The Bertz CT molecular complexity index is 1220. The van der Waals surface area contributed by atoms with Gasteiger partial charge in [0.1, 0.15) is 11.6 Å². The van der Waals surface area contributed by atoms with Crippen LogP contribution in [-0.4, -0.2) is 6.61 Å². The Morgan fingerprint density at radius 1 is 0.795 bits per heavy atom. The van der Waals surface area contributed by atoms with Gasteiger partial charge in [-0.05, 0) is 74.1 Å². The largest absolute Gasteiger partial charge is 0.493 e. The van der Waals surface area contributed by atoms with E-state index in [1.165, 1.54) is 31.7 Å². The molecule has 0 N–H and O–H groups in total. The van der Waals surface area contributed by atoms with Crippen molar-refractivity contribution in [1.82, 2.24) is 0 Å². The minimum atomic E-state index is -0.770. The Balaban J connectivity index is 1.27. The van der Waals surface area contributed by atoms with Gasteiger partial charge in [-0.1, -0.05) is 93.1 Å². The highest BCUT2D eigenvalue weighted by atomic mass is 19.2. The van der Waals surface area contributed by atoms with E-state index in [0.717, 1.165) is 44.1 Å². The van der Waals surface area contributed by atoms with Crippen LogP contribution in [0.5, 0.6) is 5.75 Å². The molecule has 0 unspecified atom stereocenters. The summed E-state index contributed by atoms with van der Waals surface area (Å²) in [6, 6.07) is 16.0. The van der Waals surface area contributed by atoms with Gasteiger partial charge in [0.25, 0.3) is 0 Å². The zero-order valence-electron chi connectivity index (χ0n) is 23.3. The highest BCUT2D eigenvalue weighted by Crippen LogP contribution is 2.39. The SMILES string of the molecule is CCCCCCCCOc1ccc(/C=C/C2CCC(c3ccc(-c4ccc(C)cc4)c(F)c3F)CC2)c(F)c1. The zero-order valence-corrected chi connectivity index (χ0v) is 23.3. The number of benzene rings is 3. The van der Waals surface area contributed by atoms with E-state index in [2.05, 4.69) is 13.0 Å². The molecule has 3 aromatic carbocycles. The van der Waals surface area contributed by atoms with Gasteiger partial charge in [0.15, 0.2) is 11.6 Å². The van der Waals surface area contributed by atoms with Crippen molar-refractivity contribution in [2.24, 2.45) is 5.92 Å². The van der Waals surface area contributed by atoms with Gasteiger partial charge in [0.2, 0.25) is 0 Å². The molecule has 1 fully saturated rings. The molecule has 3 aromatic rings. The second-order valence-corrected chi connectivity index (χ2v) is 11.0. The molecule has 0 spiro atoms. The number of unbranched alkanes of at least 4 members (excludes halogenated alkanes) is 5. The maximum absolute atomic E-state index is 15.1. The molecule has 208 valence electrons. The molecule has 0 aromatic heterocycles. The molecule has 0 saturated heterocycles. The molecule has 0 amide bonds. The quantitative estimate of drug-likeness (QED) is 0.210. The van der Waals surface area contributed by atoms with Gasteiger partial charge in [-0.15, -0.1) is 0 Å². The van der Waals surface area contributed by atoms with Crippen LogP contribution >= 0.6 is 0 Å². The third kappa shape index (κ3) is 8.00. The normalized spacial score (nSPS) is 17.6. The first-order valence-electron chi connectivity index (χ1n) is 14.6.